The molecule has 2 N–H and O–H groups in total. The molecule has 1 aromatic carbocycles. The number of unbranched alkanes of at least 4 members (excludes halogenated alkanes) is 8. The monoisotopic (exact) mass is 496 g/mol. The van der Waals surface area contributed by atoms with Crippen molar-refractivity contribution in [2.24, 2.45) is 0 Å². The summed E-state index contributed by atoms with van der Waals surface area (Å²) in [6, 6.07) is 7.44. The van der Waals surface area contributed by atoms with Gasteiger partial charge in [-0.3, -0.25) is 4.79 Å². The molecular formula is C26H44N2O5S. The van der Waals surface area contributed by atoms with Crippen molar-refractivity contribution in [3.8, 4) is 0 Å². The van der Waals surface area contributed by atoms with Crippen LogP contribution in [0.15, 0.2) is 35.2 Å². The van der Waals surface area contributed by atoms with Gasteiger partial charge in [0.1, 0.15) is 6.04 Å². The summed E-state index contributed by atoms with van der Waals surface area (Å²) in [7, 11) is -3.58. The fraction of sp³-hybridized carbons (Fsp3) is 0.692. The number of carboxylic acids is 1. The lowest BCUT2D eigenvalue weighted by molar-refractivity contribution is -0.142. The molecule has 1 amide bonds. The summed E-state index contributed by atoms with van der Waals surface area (Å²) in [5.41, 5.74) is 0. The van der Waals surface area contributed by atoms with E-state index in [0.717, 1.165) is 32.1 Å². The lowest BCUT2D eigenvalue weighted by Gasteiger charge is -2.22. The number of hydrogen-bond donors (Lipinski definition) is 2. The maximum atomic E-state index is 13.0. The van der Waals surface area contributed by atoms with Crippen LogP contribution < -0.4 is 5.32 Å². The molecular weight excluding hydrogens is 452 g/mol. The van der Waals surface area contributed by atoms with Crippen molar-refractivity contribution in [3.63, 3.8) is 0 Å². The highest BCUT2D eigenvalue weighted by Gasteiger charge is 2.24. The molecule has 0 aliphatic heterocycles. The van der Waals surface area contributed by atoms with Crippen LogP contribution in [0, 0.1) is 0 Å². The van der Waals surface area contributed by atoms with Gasteiger partial charge in [-0.1, -0.05) is 77.0 Å². The summed E-state index contributed by atoms with van der Waals surface area (Å²) in [5, 5.41) is 12.1. The number of rotatable bonds is 20. The van der Waals surface area contributed by atoms with Crippen LogP contribution in [0.3, 0.4) is 0 Å². The molecule has 0 saturated carbocycles. The van der Waals surface area contributed by atoms with Crippen LogP contribution in [0.25, 0.3) is 0 Å². The second kappa shape index (κ2) is 17.5. The van der Waals surface area contributed by atoms with Crippen LogP contribution >= 0.6 is 0 Å². The van der Waals surface area contributed by atoms with Gasteiger partial charge in [-0.25, -0.2) is 13.2 Å². The quantitative estimate of drug-likeness (QED) is 0.237. The van der Waals surface area contributed by atoms with Crippen molar-refractivity contribution < 1.29 is 23.1 Å². The molecule has 34 heavy (non-hydrogen) atoms. The Hall–Kier alpha value is -1.93. The van der Waals surface area contributed by atoms with Gasteiger partial charge in [-0.2, -0.15) is 4.31 Å². The predicted molar refractivity (Wildman–Crippen MR) is 136 cm³/mol. The first-order valence-electron chi connectivity index (χ1n) is 12.9. The van der Waals surface area contributed by atoms with E-state index >= 15 is 0 Å². The van der Waals surface area contributed by atoms with Gasteiger partial charge in [0.15, 0.2) is 0 Å². The molecule has 1 rings (SSSR count). The number of carboxylic acid groups (broad SMARTS) is 1. The molecule has 0 aliphatic rings. The van der Waals surface area contributed by atoms with Crippen molar-refractivity contribution in [1.82, 2.24) is 9.62 Å². The number of amides is 1. The van der Waals surface area contributed by atoms with Crippen LogP contribution in [0.2, 0.25) is 0 Å². The van der Waals surface area contributed by atoms with E-state index in [2.05, 4.69) is 12.2 Å². The van der Waals surface area contributed by atoms with Gasteiger partial charge in [-0.05, 0) is 44.2 Å². The van der Waals surface area contributed by atoms with Gasteiger partial charge in [0.2, 0.25) is 15.9 Å². The molecule has 194 valence electrons. The molecule has 0 spiro atoms. The first kappa shape index (κ1) is 30.1. The highest BCUT2D eigenvalue weighted by Crippen LogP contribution is 2.17. The number of benzene rings is 1. The number of carbonyl (C=O) groups excluding carboxylic acids is 1. The highest BCUT2D eigenvalue weighted by atomic mass is 32.2. The molecule has 0 saturated heterocycles. The summed E-state index contributed by atoms with van der Waals surface area (Å²) in [5.74, 6) is -1.27. The number of carbonyl (C=O) groups is 2. The Morgan fingerprint density at radius 1 is 0.853 bits per heavy atom. The Kier molecular flexibility index (Phi) is 15.5. The molecule has 8 heteroatoms. The van der Waals surface area contributed by atoms with Crippen LogP contribution in [0.5, 0.6) is 0 Å². The topological polar surface area (TPSA) is 104 Å². The summed E-state index contributed by atoms with van der Waals surface area (Å²) in [6.07, 6.45) is 11.0. The highest BCUT2D eigenvalue weighted by molar-refractivity contribution is 7.89. The molecule has 0 aromatic heterocycles. The van der Waals surface area contributed by atoms with Crippen molar-refractivity contribution >= 4 is 21.9 Å². The summed E-state index contributed by atoms with van der Waals surface area (Å²) in [4.78, 5) is 24.1. The van der Waals surface area contributed by atoms with E-state index in [1.807, 2.05) is 6.92 Å². The number of hydrogen-bond acceptors (Lipinski definition) is 4. The van der Waals surface area contributed by atoms with Gasteiger partial charge in [0, 0.05) is 19.5 Å². The number of nitrogens with one attached hydrogen (secondary N) is 1. The van der Waals surface area contributed by atoms with E-state index in [0.29, 0.717) is 32.4 Å². The van der Waals surface area contributed by atoms with Crippen LogP contribution in [0.4, 0.5) is 0 Å². The van der Waals surface area contributed by atoms with Crippen molar-refractivity contribution in [2.45, 2.75) is 108 Å². The second-order valence-electron chi connectivity index (χ2n) is 8.90. The lowest BCUT2D eigenvalue weighted by Crippen LogP contribution is -2.40. The Morgan fingerprint density at radius 2 is 1.44 bits per heavy atom. The normalized spacial score (nSPS) is 12.6. The van der Waals surface area contributed by atoms with E-state index in [1.54, 1.807) is 30.3 Å². The van der Waals surface area contributed by atoms with Gasteiger partial charge < -0.3 is 10.4 Å². The molecule has 1 unspecified atom stereocenters. The average molecular weight is 497 g/mol. The van der Waals surface area contributed by atoms with Gasteiger partial charge in [-0.15, -0.1) is 0 Å². The van der Waals surface area contributed by atoms with E-state index in [9.17, 15) is 23.1 Å². The Bertz CT molecular complexity index is 799. The first-order chi connectivity index (χ1) is 16.3. The van der Waals surface area contributed by atoms with E-state index < -0.39 is 22.0 Å². The van der Waals surface area contributed by atoms with E-state index in [-0.39, 0.29) is 17.2 Å². The Balaban J connectivity index is 2.46. The SMILES string of the molecule is CCCCCCCCCC(=O)NC(CCCCN(CCCC)S(=O)(=O)c1ccccc1)C(=O)O. The Morgan fingerprint density at radius 3 is 2.06 bits per heavy atom. The fourth-order valence-corrected chi connectivity index (χ4v) is 5.37. The average Bonchev–Trinajstić information content (AvgIpc) is 2.82. The maximum Gasteiger partial charge on any atom is 0.326 e. The predicted octanol–water partition coefficient (Wildman–Crippen LogP) is 5.36. The third kappa shape index (κ3) is 12.0. The summed E-state index contributed by atoms with van der Waals surface area (Å²) < 4.78 is 27.5. The molecule has 1 atom stereocenters. The third-order valence-corrected chi connectivity index (χ3v) is 7.85. The zero-order valence-corrected chi connectivity index (χ0v) is 21.8. The second-order valence-corrected chi connectivity index (χ2v) is 10.8. The van der Waals surface area contributed by atoms with Gasteiger partial charge in [0.05, 0.1) is 4.90 Å². The Labute approximate surface area is 206 Å². The summed E-state index contributed by atoms with van der Waals surface area (Å²) in [6.45, 7) is 4.96. The lowest BCUT2D eigenvalue weighted by atomic mass is 10.1. The largest absolute Gasteiger partial charge is 0.480 e. The molecule has 7 nitrogen and oxygen atoms in total. The smallest absolute Gasteiger partial charge is 0.326 e. The zero-order chi connectivity index (χ0) is 25.2. The number of nitrogens with zero attached hydrogens (tertiary/aromatic N) is 1. The maximum absolute atomic E-state index is 13.0. The molecule has 1 aromatic rings. The minimum atomic E-state index is -3.58. The van der Waals surface area contributed by atoms with Crippen LogP contribution in [0.1, 0.15) is 97.3 Å². The first-order valence-corrected chi connectivity index (χ1v) is 14.3. The zero-order valence-electron chi connectivity index (χ0n) is 21.0. The van der Waals surface area contributed by atoms with E-state index in [4.69, 9.17) is 0 Å². The van der Waals surface area contributed by atoms with Gasteiger partial charge in [0.25, 0.3) is 0 Å². The minimum Gasteiger partial charge on any atom is -0.480 e. The molecule has 0 bridgehead atoms. The molecule has 0 aliphatic carbocycles. The molecule has 0 heterocycles. The number of aliphatic carboxylic acids is 1. The van der Waals surface area contributed by atoms with Crippen LogP contribution in [-0.4, -0.2) is 48.8 Å². The van der Waals surface area contributed by atoms with Crippen LogP contribution in [-0.2, 0) is 19.6 Å². The van der Waals surface area contributed by atoms with Crippen molar-refractivity contribution in [3.05, 3.63) is 30.3 Å². The molecule has 0 fully saturated rings. The standard InChI is InChI=1S/C26H44N2O5S/c1-3-5-7-8-9-10-14-20-25(29)27-24(26(30)31)19-15-16-22-28(21-6-4-2)34(32,33)23-17-12-11-13-18-23/h11-13,17-18,24H,3-10,14-16,19-22H2,1-2H3,(H,27,29)(H,30,31). The summed E-state index contributed by atoms with van der Waals surface area (Å²) >= 11 is 0. The minimum absolute atomic E-state index is 0.225. The van der Waals surface area contributed by atoms with Crippen molar-refractivity contribution in [2.75, 3.05) is 13.1 Å². The number of sulfonamides is 1. The fourth-order valence-electron chi connectivity index (χ4n) is 3.83. The van der Waals surface area contributed by atoms with E-state index in [1.165, 1.54) is 30.0 Å². The third-order valence-electron chi connectivity index (χ3n) is 5.93. The van der Waals surface area contributed by atoms with Gasteiger partial charge >= 0.3 is 5.97 Å². The molecule has 0 radical (unpaired) electrons. The van der Waals surface area contributed by atoms with Crippen molar-refractivity contribution in [1.29, 1.82) is 0 Å².